The first-order chi connectivity index (χ1) is 11.0. The number of rotatable bonds is 2. The molecule has 1 aliphatic carbocycles. The quantitative estimate of drug-likeness (QED) is 0.909. The van der Waals surface area contributed by atoms with Gasteiger partial charge in [-0.2, -0.15) is 0 Å². The molecule has 5 heteroatoms. The SMILES string of the molecule is CC1CCCCC1N(C)C(=O)C1CC(=O)Nc2cc(F)ccc21. The third kappa shape index (κ3) is 3.09. The van der Waals surface area contributed by atoms with E-state index in [2.05, 4.69) is 12.2 Å². The first-order valence-electron chi connectivity index (χ1n) is 8.33. The predicted molar refractivity (Wildman–Crippen MR) is 86.6 cm³/mol. The topological polar surface area (TPSA) is 49.4 Å². The molecule has 1 fully saturated rings. The third-order valence-electron chi connectivity index (χ3n) is 5.26. The summed E-state index contributed by atoms with van der Waals surface area (Å²) in [4.78, 5) is 26.7. The van der Waals surface area contributed by atoms with E-state index in [4.69, 9.17) is 0 Å². The molecule has 4 nitrogen and oxygen atoms in total. The molecule has 0 bridgehead atoms. The Morgan fingerprint density at radius 3 is 2.78 bits per heavy atom. The fourth-order valence-electron chi connectivity index (χ4n) is 3.94. The molecule has 3 rings (SSSR count). The number of hydrogen-bond acceptors (Lipinski definition) is 2. The number of nitrogens with zero attached hydrogens (tertiary/aromatic N) is 1. The number of carbonyl (C=O) groups is 2. The van der Waals surface area contributed by atoms with Crippen LogP contribution in [0, 0.1) is 11.7 Å². The Hall–Kier alpha value is -1.91. The second-order valence-electron chi connectivity index (χ2n) is 6.81. The van der Waals surface area contributed by atoms with Gasteiger partial charge in [0, 0.05) is 25.2 Å². The normalized spacial score (nSPS) is 27.1. The molecule has 1 aromatic carbocycles. The van der Waals surface area contributed by atoms with E-state index in [1.165, 1.54) is 18.6 Å². The van der Waals surface area contributed by atoms with Crippen molar-refractivity contribution in [1.82, 2.24) is 4.90 Å². The summed E-state index contributed by atoms with van der Waals surface area (Å²) in [5.41, 5.74) is 1.14. The van der Waals surface area contributed by atoms with Crippen molar-refractivity contribution < 1.29 is 14.0 Å². The van der Waals surface area contributed by atoms with Crippen LogP contribution in [0.25, 0.3) is 0 Å². The monoisotopic (exact) mass is 318 g/mol. The highest BCUT2D eigenvalue weighted by Gasteiger charge is 2.36. The molecule has 1 aliphatic heterocycles. The maximum Gasteiger partial charge on any atom is 0.230 e. The molecule has 0 spiro atoms. The van der Waals surface area contributed by atoms with E-state index in [0.29, 0.717) is 17.2 Å². The highest BCUT2D eigenvalue weighted by molar-refractivity contribution is 6.01. The Bertz CT molecular complexity index is 631. The van der Waals surface area contributed by atoms with Gasteiger partial charge in [-0.3, -0.25) is 9.59 Å². The van der Waals surface area contributed by atoms with Crippen LogP contribution in [0.5, 0.6) is 0 Å². The zero-order valence-corrected chi connectivity index (χ0v) is 13.6. The summed E-state index contributed by atoms with van der Waals surface area (Å²) in [5.74, 6) is -0.717. The van der Waals surface area contributed by atoms with Crippen LogP contribution < -0.4 is 5.32 Å². The van der Waals surface area contributed by atoms with E-state index in [1.807, 2.05) is 11.9 Å². The Labute approximate surface area is 136 Å². The van der Waals surface area contributed by atoms with Crippen molar-refractivity contribution in [1.29, 1.82) is 0 Å². The van der Waals surface area contributed by atoms with Crippen LogP contribution in [0.15, 0.2) is 18.2 Å². The lowest BCUT2D eigenvalue weighted by Gasteiger charge is -2.38. The third-order valence-corrected chi connectivity index (χ3v) is 5.26. The Morgan fingerprint density at radius 1 is 1.30 bits per heavy atom. The van der Waals surface area contributed by atoms with Crippen LogP contribution >= 0.6 is 0 Å². The van der Waals surface area contributed by atoms with Gasteiger partial charge in [-0.15, -0.1) is 0 Å². The maximum absolute atomic E-state index is 13.4. The summed E-state index contributed by atoms with van der Waals surface area (Å²) in [6.45, 7) is 2.19. The molecule has 3 atom stereocenters. The minimum absolute atomic E-state index is 0.0357. The molecule has 1 heterocycles. The van der Waals surface area contributed by atoms with Gasteiger partial charge < -0.3 is 10.2 Å². The molecular formula is C18H23FN2O2. The molecular weight excluding hydrogens is 295 g/mol. The zero-order chi connectivity index (χ0) is 16.6. The largest absolute Gasteiger partial charge is 0.342 e. The van der Waals surface area contributed by atoms with Gasteiger partial charge in [0.1, 0.15) is 5.82 Å². The van der Waals surface area contributed by atoms with E-state index < -0.39 is 11.7 Å². The van der Waals surface area contributed by atoms with E-state index in [0.717, 1.165) is 19.3 Å². The number of benzene rings is 1. The van der Waals surface area contributed by atoms with Gasteiger partial charge in [0.2, 0.25) is 11.8 Å². The van der Waals surface area contributed by atoms with Crippen molar-refractivity contribution in [3.8, 4) is 0 Å². The summed E-state index contributed by atoms with van der Waals surface area (Å²) in [6.07, 6.45) is 4.63. The maximum atomic E-state index is 13.4. The lowest BCUT2D eigenvalue weighted by molar-refractivity contribution is -0.137. The van der Waals surface area contributed by atoms with Crippen molar-refractivity contribution in [3.63, 3.8) is 0 Å². The Balaban J connectivity index is 1.86. The van der Waals surface area contributed by atoms with Gasteiger partial charge in [0.15, 0.2) is 0 Å². The Kier molecular flexibility index (Phi) is 4.37. The van der Waals surface area contributed by atoms with Gasteiger partial charge >= 0.3 is 0 Å². The average Bonchev–Trinajstić information content (AvgIpc) is 2.52. The number of halogens is 1. The number of fused-ring (bicyclic) bond motifs is 1. The molecule has 23 heavy (non-hydrogen) atoms. The van der Waals surface area contributed by atoms with Crippen LogP contribution in [0.4, 0.5) is 10.1 Å². The van der Waals surface area contributed by atoms with Gasteiger partial charge in [0.05, 0.1) is 5.92 Å². The summed E-state index contributed by atoms with van der Waals surface area (Å²) >= 11 is 0. The van der Waals surface area contributed by atoms with Crippen molar-refractivity contribution in [2.45, 2.75) is 51.0 Å². The van der Waals surface area contributed by atoms with E-state index >= 15 is 0 Å². The lowest BCUT2D eigenvalue weighted by Crippen LogP contribution is -2.46. The van der Waals surface area contributed by atoms with Crippen LogP contribution in [0.3, 0.4) is 0 Å². The number of carbonyl (C=O) groups excluding carboxylic acids is 2. The molecule has 0 radical (unpaired) electrons. The second-order valence-corrected chi connectivity index (χ2v) is 6.81. The number of likely N-dealkylation sites (N-methyl/N-ethyl adjacent to an activating group) is 1. The number of amides is 2. The van der Waals surface area contributed by atoms with Crippen LogP contribution in [-0.4, -0.2) is 29.8 Å². The van der Waals surface area contributed by atoms with E-state index in [1.54, 1.807) is 6.07 Å². The smallest absolute Gasteiger partial charge is 0.230 e. The summed E-state index contributed by atoms with van der Waals surface area (Å²) in [6, 6.07) is 4.48. The van der Waals surface area contributed by atoms with Gasteiger partial charge in [-0.1, -0.05) is 25.8 Å². The number of anilines is 1. The molecule has 0 saturated heterocycles. The van der Waals surface area contributed by atoms with Crippen molar-refractivity contribution in [3.05, 3.63) is 29.6 Å². The lowest BCUT2D eigenvalue weighted by atomic mass is 9.83. The molecule has 1 saturated carbocycles. The molecule has 1 N–H and O–H groups in total. The minimum atomic E-state index is -0.515. The fraction of sp³-hybridized carbons (Fsp3) is 0.556. The summed E-state index contributed by atoms with van der Waals surface area (Å²) in [7, 11) is 1.84. The number of hydrogen-bond donors (Lipinski definition) is 1. The Morgan fingerprint density at radius 2 is 2.04 bits per heavy atom. The fourth-order valence-corrected chi connectivity index (χ4v) is 3.94. The molecule has 2 amide bonds. The summed E-state index contributed by atoms with van der Waals surface area (Å²) in [5, 5.41) is 2.66. The molecule has 2 aliphatic rings. The van der Waals surface area contributed by atoms with E-state index in [-0.39, 0.29) is 24.3 Å². The highest BCUT2D eigenvalue weighted by Crippen LogP contribution is 2.36. The molecule has 0 aromatic heterocycles. The zero-order valence-electron chi connectivity index (χ0n) is 13.6. The van der Waals surface area contributed by atoms with Gasteiger partial charge in [0.25, 0.3) is 0 Å². The van der Waals surface area contributed by atoms with Crippen molar-refractivity contribution >= 4 is 17.5 Å². The van der Waals surface area contributed by atoms with E-state index in [9.17, 15) is 14.0 Å². The van der Waals surface area contributed by atoms with Crippen molar-refractivity contribution in [2.75, 3.05) is 12.4 Å². The highest BCUT2D eigenvalue weighted by atomic mass is 19.1. The molecule has 124 valence electrons. The van der Waals surface area contributed by atoms with Crippen molar-refractivity contribution in [2.24, 2.45) is 5.92 Å². The molecule has 1 aromatic rings. The first kappa shape index (κ1) is 16.0. The molecule has 3 unspecified atom stereocenters. The predicted octanol–water partition coefficient (Wildman–Crippen LogP) is 3.29. The van der Waals surface area contributed by atoms with Gasteiger partial charge in [-0.25, -0.2) is 4.39 Å². The standard InChI is InChI=1S/C18H23FN2O2/c1-11-5-3-4-6-16(11)21(2)18(23)14-10-17(22)20-15-9-12(19)7-8-13(14)15/h7-9,11,14,16H,3-6,10H2,1-2H3,(H,20,22). The summed E-state index contributed by atoms with van der Waals surface area (Å²) < 4.78 is 13.4. The second kappa shape index (κ2) is 6.30. The number of nitrogens with one attached hydrogen (secondary N) is 1. The van der Waals surface area contributed by atoms with Crippen LogP contribution in [-0.2, 0) is 9.59 Å². The van der Waals surface area contributed by atoms with Gasteiger partial charge in [-0.05, 0) is 36.5 Å². The minimum Gasteiger partial charge on any atom is -0.342 e. The average molecular weight is 318 g/mol. The van der Waals surface area contributed by atoms with Crippen LogP contribution in [0.1, 0.15) is 50.5 Å². The first-order valence-corrected chi connectivity index (χ1v) is 8.33. The van der Waals surface area contributed by atoms with Crippen LogP contribution in [0.2, 0.25) is 0 Å².